The zero-order chi connectivity index (χ0) is 16.7. The van der Waals surface area contributed by atoms with Gasteiger partial charge in [0.15, 0.2) is 0 Å². The minimum absolute atomic E-state index is 0.266. The van der Waals surface area contributed by atoms with Gasteiger partial charge in [0, 0.05) is 0 Å². The Morgan fingerprint density at radius 2 is 1.68 bits per heavy atom. The van der Waals surface area contributed by atoms with Crippen molar-refractivity contribution in [2.24, 2.45) is 11.3 Å². The third kappa shape index (κ3) is 3.49. The molecule has 2 rings (SSSR count). The van der Waals surface area contributed by atoms with Crippen LogP contribution in [0.2, 0.25) is 0 Å². The molecule has 0 spiro atoms. The summed E-state index contributed by atoms with van der Waals surface area (Å²) in [7, 11) is 0. The molecule has 1 saturated heterocycles. The summed E-state index contributed by atoms with van der Waals surface area (Å²) in [5.41, 5.74) is -0.650. The van der Waals surface area contributed by atoms with Gasteiger partial charge in [0.25, 0.3) is 0 Å². The van der Waals surface area contributed by atoms with Crippen LogP contribution in [0.5, 0.6) is 0 Å². The van der Waals surface area contributed by atoms with Gasteiger partial charge in [-0.25, -0.2) is 0 Å². The predicted octanol–water partition coefficient (Wildman–Crippen LogP) is 1.48. The molecule has 5 heteroatoms. The Morgan fingerprint density at radius 1 is 1.09 bits per heavy atom. The Bertz CT molecular complexity index is 377. The first-order valence-electron chi connectivity index (χ1n) is 8.44. The standard InChI is InChI=1S/C17H32O5/c1-6-16(2,3)15-13(20)14(12(19)11(9-18)21-15)22-17(4,5)10-7-8-10/h10-15,18-20H,6-9H2,1-5H3. The van der Waals surface area contributed by atoms with E-state index >= 15 is 0 Å². The van der Waals surface area contributed by atoms with Gasteiger partial charge in [-0.15, -0.1) is 0 Å². The predicted molar refractivity (Wildman–Crippen MR) is 83.5 cm³/mol. The summed E-state index contributed by atoms with van der Waals surface area (Å²) in [5.74, 6) is 0.472. The molecule has 22 heavy (non-hydrogen) atoms. The molecule has 0 aromatic rings. The lowest BCUT2D eigenvalue weighted by atomic mass is 9.76. The van der Waals surface area contributed by atoms with E-state index in [2.05, 4.69) is 0 Å². The molecule has 1 saturated carbocycles. The van der Waals surface area contributed by atoms with Crippen molar-refractivity contribution in [3.63, 3.8) is 0 Å². The van der Waals surface area contributed by atoms with E-state index in [1.165, 1.54) is 0 Å². The van der Waals surface area contributed by atoms with Crippen molar-refractivity contribution in [3.8, 4) is 0 Å². The number of aliphatic hydroxyl groups excluding tert-OH is 3. The van der Waals surface area contributed by atoms with E-state index in [0.29, 0.717) is 5.92 Å². The molecule has 0 aromatic carbocycles. The molecule has 1 aliphatic carbocycles. The van der Waals surface area contributed by atoms with Gasteiger partial charge in [0.05, 0.1) is 18.3 Å². The number of hydrogen-bond acceptors (Lipinski definition) is 5. The molecule has 5 atom stereocenters. The van der Waals surface area contributed by atoms with Crippen molar-refractivity contribution >= 4 is 0 Å². The monoisotopic (exact) mass is 316 g/mol. The lowest BCUT2D eigenvalue weighted by Crippen LogP contribution is -2.64. The second-order valence-corrected chi connectivity index (χ2v) is 8.06. The van der Waals surface area contributed by atoms with Gasteiger partial charge in [-0.1, -0.05) is 20.8 Å². The van der Waals surface area contributed by atoms with E-state index in [1.807, 2.05) is 34.6 Å². The molecular formula is C17H32O5. The average molecular weight is 316 g/mol. The Kier molecular flexibility index (Phi) is 5.25. The fourth-order valence-electron chi connectivity index (χ4n) is 3.30. The van der Waals surface area contributed by atoms with E-state index in [9.17, 15) is 15.3 Å². The molecule has 0 radical (unpaired) electrons. The van der Waals surface area contributed by atoms with Crippen molar-refractivity contribution in [3.05, 3.63) is 0 Å². The van der Waals surface area contributed by atoms with Gasteiger partial charge < -0.3 is 24.8 Å². The Labute approximate surface area is 133 Å². The number of aliphatic hydroxyl groups is 3. The van der Waals surface area contributed by atoms with Crippen LogP contribution in [0.25, 0.3) is 0 Å². The smallest absolute Gasteiger partial charge is 0.115 e. The lowest BCUT2D eigenvalue weighted by Gasteiger charge is -2.49. The van der Waals surface area contributed by atoms with Crippen LogP contribution in [0.4, 0.5) is 0 Å². The topological polar surface area (TPSA) is 79.2 Å². The van der Waals surface area contributed by atoms with E-state index in [4.69, 9.17) is 9.47 Å². The van der Waals surface area contributed by atoms with Crippen LogP contribution in [-0.4, -0.2) is 58.0 Å². The molecule has 2 aliphatic rings. The zero-order valence-electron chi connectivity index (χ0n) is 14.5. The minimum atomic E-state index is -1.03. The zero-order valence-corrected chi connectivity index (χ0v) is 14.5. The summed E-state index contributed by atoms with van der Waals surface area (Å²) < 4.78 is 11.9. The maximum absolute atomic E-state index is 10.8. The van der Waals surface area contributed by atoms with Crippen molar-refractivity contribution in [2.75, 3.05) is 6.61 Å². The lowest BCUT2D eigenvalue weighted by molar-refractivity contribution is -0.282. The van der Waals surface area contributed by atoms with Crippen molar-refractivity contribution in [1.82, 2.24) is 0 Å². The molecule has 5 nitrogen and oxygen atoms in total. The maximum atomic E-state index is 10.8. The van der Waals surface area contributed by atoms with Crippen LogP contribution in [0.15, 0.2) is 0 Å². The normalized spacial score (nSPS) is 37.4. The molecule has 0 bridgehead atoms. The number of rotatable bonds is 6. The second-order valence-electron chi connectivity index (χ2n) is 8.06. The Hall–Kier alpha value is -0.200. The first kappa shape index (κ1) is 18.1. The summed E-state index contributed by atoms with van der Waals surface area (Å²) in [6.45, 7) is 9.82. The molecule has 1 aliphatic heterocycles. The second kappa shape index (κ2) is 6.36. The van der Waals surface area contributed by atoms with Crippen molar-refractivity contribution in [1.29, 1.82) is 0 Å². The van der Waals surface area contributed by atoms with Gasteiger partial charge in [0.2, 0.25) is 0 Å². The van der Waals surface area contributed by atoms with Gasteiger partial charge in [-0.05, 0) is 44.4 Å². The summed E-state index contributed by atoms with van der Waals surface area (Å²) >= 11 is 0. The van der Waals surface area contributed by atoms with E-state index in [0.717, 1.165) is 19.3 Å². The fraction of sp³-hybridized carbons (Fsp3) is 1.00. The summed E-state index contributed by atoms with van der Waals surface area (Å²) in [6.07, 6.45) is -0.810. The summed E-state index contributed by atoms with van der Waals surface area (Å²) in [4.78, 5) is 0. The van der Waals surface area contributed by atoms with Gasteiger partial charge in [-0.2, -0.15) is 0 Å². The quantitative estimate of drug-likeness (QED) is 0.692. The highest BCUT2D eigenvalue weighted by molar-refractivity contribution is 5.00. The highest BCUT2D eigenvalue weighted by atomic mass is 16.6. The molecule has 3 N–H and O–H groups in total. The van der Waals surface area contributed by atoms with Gasteiger partial charge in [-0.3, -0.25) is 0 Å². The van der Waals surface area contributed by atoms with Crippen molar-refractivity contribution in [2.45, 2.75) is 90.0 Å². The largest absolute Gasteiger partial charge is 0.394 e. The minimum Gasteiger partial charge on any atom is -0.394 e. The van der Waals surface area contributed by atoms with Gasteiger partial charge >= 0.3 is 0 Å². The summed E-state index contributed by atoms with van der Waals surface area (Å²) in [5, 5.41) is 30.7. The summed E-state index contributed by atoms with van der Waals surface area (Å²) in [6, 6.07) is 0. The van der Waals surface area contributed by atoms with Crippen LogP contribution in [0.1, 0.15) is 53.9 Å². The van der Waals surface area contributed by atoms with Crippen LogP contribution < -0.4 is 0 Å². The molecule has 0 amide bonds. The Balaban J connectivity index is 2.20. The molecule has 130 valence electrons. The molecule has 0 aromatic heterocycles. The molecular weight excluding hydrogens is 284 g/mol. The highest BCUT2D eigenvalue weighted by Crippen LogP contribution is 2.44. The molecule has 1 heterocycles. The maximum Gasteiger partial charge on any atom is 0.115 e. The van der Waals surface area contributed by atoms with E-state index < -0.39 is 30.5 Å². The fourth-order valence-corrected chi connectivity index (χ4v) is 3.30. The molecule has 2 fully saturated rings. The van der Waals surface area contributed by atoms with Gasteiger partial charge in [0.1, 0.15) is 24.4 Å². The van der Waals surface area contributed by atoms with E-state index in [-0.39, 0.29) is 17.6 Å². The van der Waals surface area contributed by atoms with E-state index in [1.54, 1.807) is 0 Å². The first-order chi connectivity index (χ1) is 10.1. The highest BCUT2D eigenvalue weighted by Gasteiger charge is 2.52. The Morgan fingerprint density at radius 3 is 2.14 bits per heavy atom. The number of ether oxygens (including phenoxy) is 2. The average Bonchev–Trinajstić information content (AvgIpc) is 3.28. The van der Waals surface area contributed by atoms with Crippen LogP contribution in [0.3, 0.4) is 0 Å². The molecule has 5 unspecified atom stereocenters. The third-order valence-corrected chi connectivity index (χ3v) is 5.55. The number of hydrogen-bond donors (Lipinski definition) is 3. The van der Waals surface area contributed by atoms with Crippen LogP contribution >= 0.6 is 0 Å². The third-order valence-electron chi connectivity index (χ3n) is 5.55. The van der Waals surface area contributed by atoms with Crippen LogP contribution in [0, 0.1) is 11.3 Å². The van der Waals surface area contributed by atoms with Crippen molar-refractivity contribution < 1.29 is 24.8 Å². The van der Waals surface area contributed by atoms with Crippen LogP contribution in [-0.2, 0) is 9.47 Å². The SMILES string of the molecule is CCC(C)(C)C1OC(CO)C(O)C(OC(C)(C)C2CC2)C1O. The first-order valence-corrected chi connectivity index (χ1v) is 8.44.